The Morgan fingerprint density at radius 2 is 1.78 bits per heavy atom. The fraction of sp³-hybridized carbons (Fsp3) is 0.174. The van der Waals surface area contributed by atoms with Gasteiger partial charge in [-0.25, -0.2) is 0 Å². The summed E-state index contributed by atoms with van der Waals surface area (Å²) in [6.07, 6.45) is 1.67. The standard InChI is InChI=1S/C23H22N2O2/c1-3-24(19-7-5-4-6-8-19)23(26)21-15-22-20(13-14-27-22)25(21)16-18-11-9-17(2)10-12-18/h4-15H,3,16H2,1-2H3. The van der Waals surface area contributed by atoms with E-state index in [-0.39, 0.29) is 5.91 Å². The quantitative estimate of drug-likeness (QED) is 0.488. The highest BCUT2D eigenvalue weighted by Crippen LogP contribution is 2.25. The van der Waals surface area contributed by atoms with Crippen LogP contribution in [0.5, 0.6) is 0 Å². The van der Waals surface area contributed by atoms with E-state index in [1.54, 1.807) is 11.2 Å². The molecule has 0 saturated carbocycles. The number of hydrogen-bond donors (Lipinski definition) is 0. The second kappa shape index (κ2) is 7.16. The number of furan rings is 1. The molecule has 0 atom stereocenters. The van der Waals surface area contributed by atoms with Gasteiger partial charge in [-0.3, -0.25) is 4.79 Å². The Bertz CT molecular complexity index is 1060. The molecular weight excluding hydrogens is 336 g/mol. The molecule has 0 aliphatic rings. The van der Waals surface area contributed by atoms with Crippen LogP contribution in [0.4, 0.5) is 5.69 Å². The van der Waals surface area contributed by atoms with Gasteiger partial charge < -0.3 is 13.9 Å². The van der Waals surface area contributed by atoms with Crippen molar-refractivity contribution in [1.29, 1.82) is 0 Å². The lowest BCUT2D eigenvalue weighted by Gasteiger charge is -2.22. The third-order valence-electron chi connectivity index (χ3n) is 4.83. The Morgan fingerprint density at radius 1 is 1.04 bits per heavy atom. The van der Waals surface area contributed by atoms with Crippen molar-refractivity contribution in [1.82, 2.24) is 4.57 Å². The number of fused-ring (bicyclic) bond motifs is 1. The summed E-state index contributed by atoms with van der Waals surface area (Å²) in [5.41, 5.74) is 5.56. The van der Waals surface area contributed by atoms with Crippen molar-refractivity contribution in [2.75, 3.05) is 11.4 Å². The lowest BCUT2D eigenvalue weighted by Crippen LogP contribution is -2.32. The first-order valence-corrected chi connectivity index (χ1v) is 9.16. The van der Waals surface area contributed by atoms with Gasteiger partial charge in [0.05, 0.1) is 11.8 Å². The smallest absolute Gasteiger partial charge is 0.275 e. The summed E-state index contributed by atoms with van der Waals surface area (Å²) in [6.45, 7) is 5.28. The van der Waals surface area contributed by atoms with Gasteiger partial charge in [0, 0.05) is 30.9 Å². The Kier molecular flexibility index (Phi) is 4.55. The number of hydrogen-bond acceptors (Lipinski definition) is 2. The van der Waals surface area contributed by atoms with Gasteiger partial charge in [-0.05, 0) is 31.5 Å². The van der Waals surface area contributed by atoms with Gasteiger partial charge in [0.2, 0.25) is 0 Å². The molecule has 0 aliphatic heterocycles. The minimum Gasteiger partial charge on any atom is -0.463 e. The van der Waals surface area contributed by atoms with E-state index < -0.39 is 0 Å². The molecule has 27 heavy (non-hydrogen) atoms. The van der Waals surface area contributed by atoms with Crippen LogP contribution in [0.15, 0.2) is 77.4 Å². The number of para-hydroxylation sites is 1. The highest BCUT2D eigenvalue weighted by atomic mass is 16.3. The summed E-state index contributed by atoms with van der Waals surface area (Å²) < 4.78 is 7.61. The maximum atomic E-state index is 13.4. The van der Waals surface area contributed by atoms with Gasteiger partial charge in [0.1, 0.15) is 5.69 Å². The van der Waals surface area contributed by atoms with Crippen LogP contribution in [0.2, 0.25) is 0 Å². The van der Waals surface area contributed by atoms with E-state index in [1.807, 2.05) is 54.0 Å². The molecule has 0 saturated heterocycles. The van der Waals surface area contributed by atoms with Crippen LogP contribution in [0.25, 0.3) is 11.1 Å². The highest BCUT2D eigenvalue weighted by Gasteiger charge is 2.23. The van der Waals surface area contributed by atoms with Crippen LogP contribution in [-0.2, 0) is 6.54 Å². The van der Waals surface area contributed by atoms with Crippen LogP contribution in [-0.4, -0.2) is 17.0 Å². The zero-order valence-electron chi connectivity index (χ0n) is 15.6. The molecule has 4 rings (SSSR count). The predicted molar refractivity (Wildman–Crippen MR) is 108 cm³/mol. The number of nitrogens with zero attached hydrogens (tertiary/aromatic N) is 2. The summed E-state index contributed by atoms with van der Waals surface area (Å²) in [6, 6.07) is 21.9. The third-order valence-corrected chi connectivity index (χ3v) is 4.83. The van der Waals surface area contributed by atoms with Crippen LogP contribution in [0, 0.1) is 6.92 Å². The second-order valence-corrected chi connectivity index (χ2v) is 6.66. The number of aryl methyl sites for hydroxylation is 1. The normalized spacial score (nSPS) is 11.0. The fourth-order valence-electron chi connectivity index (χ4n) is 3.39. The molecule has 136 valence electrons. The number of aromatic nitrogens is 1. The molecule has 2 heterocycles. The molecule has 0 aliphatic carbocycles. The Hall–Kier alpha value is -3.27. The average Bonchev–Trinajstić information content (AvgIpc) is 3.27. The summed E-state index contributed by atoms with van der Waals surface area (Å²) in [5.74, 6) is -0.0257. The molecule has 1 amide bonds. The van der Waals surface area contributed by atoms with Crippen molar-refractivity contribution < 1.29 is 9.21 Å². The second-order valence-electron chi connectivity index (χ2n) is 6.66. The number of rotatable bonds is 5. The van der Waals surface area contributed by atoms with Gasteiger partial charge in [-0.2, -0.15) is 0 Å². The maximum Gasteiger partial charge on any atom is 0.275 e. The van der Waals surface area contributed by atoms with E-state index in [4.69, 9.17) is 4.42 Å². The first kappa shape index (κ1) is 17.2. The van der Waals surface area contributed by atoms with Gasteiger partial charge in [-0.15, -0.1) is 0 Å². The Labute approximate surface area is 158 Å². The molecule has 0 unspecified atom stereocenters. The molecule has 2 aromatic carbocycles. The first-order valence-electron chi connectivity index (χ1n) is 9.16. The average molecular weight is 358 g/mol. The Morgan fingerprint density at radius 3 is 2.48 bits per heavy atom. The zero-order chi connectivity index (χ0) is 18.8. The van der Waals surface area contributed by atoms with Crippen molar-refractivity contribution in [3.8, 4) is 0 Å². The van der Waals surface area contributed by atoms with E-state index in [0.717, 1.165) is 22.4 Å². The molecule has 0 bridgehead atoms. The minimum absolute atomic E-state index is 0.0257. The van der Waals surface area contributed by atoms with Crippen LogP contribution in [0.3, 0.4) is 0 Å². The van der Waals surface area contributed by atoms with Gasteiger partial charge >= 0.3 is 0 Å². The van der Waals surface area contributed by atoms with Crippen LogP contribution in [0.1, 0.15) is 28.5 Å². The predicted octanol–water partition coefficient (Wildman–Crippen LogP) is 5.26. The molecule has 0 spiro atoms. The lowest BCUT2D eigenvalue weighted by molar-refractivity contribution is 0.0980. The molecule has 2 aromatic heterocycles. The van der Waals surface area contributed by atoms with Crippen molar-refractivity contribution in [3.05, 3.63) is 89.8 Å². The van der Waals surface area contributed by atoms with Crippen molar-refractivity contribution in [2.45, 2.75) is 20.4 Å². The SMILES string of the molecule is CCN(C(=O)c1cc2occc2n1Cc1ccc(C)cc1)c1ccccc1. The molecular formula is C23H22N2O2. The first-order chi connectivity index (χ1) is 13.2. The van der Waals surface area contributed by atoms with Crippen molar-refractivity contribution in [2.24, 2.45) is 0 Å². The molecule has 0 fully saturated rings. The van der Waals surface area contributed by atoms with Crippen molar-refractivity contribution in [3.63, 3.8) is 0 Å². The Balaban J connectivity index is 1.75. The van der Waals surface area contributed by atoms with Crippen LogP contribution >= 0.6 is 0 Å². The summed E-state index contributed by atoms with van der Waals surface area (Å²) in [5, 5.41) is 0. The number of amides is 1. The highest BCUT2D eigenvalue weighted by molar-refractivity contribution is 6.07. The molecule has 0 radical (unpaired) electrons. The van der Waals surface area contributed by atoms with E-state index in [1.165, 1.54) is 5.56 Å². The van der Waals surface area contributed by atoms with E-state index in [2.05, 4.69) is 31.2 Å². The van der Waals surface area contributed by atoms with Gasteiger partial charge in [0.15, 0.2) is 5.58 Å². The van der Waals surface area contributed by atoms with Crippen molar-refractivity contribution >= 4 is 22.7 Å². The molecule has 4 heteroatoms. The summed E-state index contributed by atoms with van der Waals surface area (Å²) in [7, 11) is 0. The maximum absolute atomic E-state index is 13.4. The summed E-state index contributed by atoms with van der Waals surface area (Å²) >= 11 is 0. The third kappa shape index (κ3) is 3.26. The fourth-order valence-corrected chi connectivity index (χ4v) is 3.39. The molecule has 4 aromatic rings. The topological polar surface area (TPSA) is 38.4 Å². The van der Waals surface area contributed by atoms with Gasteiger partial charge in [0.25, 0.3) is 5.91 Å². The number of benzene rings is 2. The molecule has 4 nitrogen and oxygen atoms in total. The van der Waals surface area contributed by atoms with Crippen LogP contribution < -0.4 is 4.90 Å². The zero-order valence-corrected chi connectivity index (χ0v) is 15.6. The van der Waals surface area contributed by atoms with E-state index >= 15 is 0 Å². The lowest BCUT2D eigenvalue weighted by atomic mass is 10.1. The summed E-state index contributed by atoms with van der Waals surface area (Å²) in [4.78, 5) is 15.2. The number of carbonyl (C=O) groups excluding carboxylic acids is 1. The monoisotopic (exact) mass is 358 g/mol. The minimum atomic E-state index is -0.0257. The number of anilines is 1. The molecule has 0 N–H and O–H groups in total. The van der Waals surface area contributed by atoms with E-state index in [0.29, 0.717) is 18.8 Å². The number of carbonyl (C=O) groups is 1. The largest absolute Gasteiger partial charge is 0.463 e. The van der Waals surface area contributed by atoms with Gasteiger partial charge in [-0.1, -0.05) is 48.0 Å². The van der Waals surface area contributed by atoms with E-state index in [9.17, 15) is 4.79 Å².